The molecule has 0 fully saturated rings. The van der Waals surface area contributed by atoms with Gasteiger partial charge in [0.2, 0.25) is 10.0 Å². The summed E-state index contributed by atoms with van der Waals surface area (Å²) in [7, 11) is -4.10. The lowest BCUT2D eigenvalue weighted by Gasteiger charge is -2.15. The van der Waals surface area contributed by atoms with Gasteiger partial charge in [0.05, 0.1) is 10.5 Å². The molecular formula is C20H16F3N3O3S. The molecule has 1 heterocycles. The van der Waals surface area contributed by atoms with Gasteiger partial charge in [0.15, 0.2) is 11.6 Å². The summed E-state index contributed by atoms with van der Waals surface area (Å²) in [6.45, 7) is 1.61. The lowest BCUT2D eigenvalue weighted by Crippen LogP contribution is -2.27. The maximum absolute atomic E-state index is 14.2. The van der Waals surface area contributed by atoms with Crippen molar-refractivity contribution in [1.82, 2.24) is 9.71 Å². The summed E-state index contributed by atoms with van der Waals surface area (Å²) >= 11 is 0. The molecule has 30 heavy (non-hydrogen) atoms. The minimum Gasteiger partial charge on any atom is -0.322 e. The molecule has 0 radical (unpaired) electrons. The standard InChI is InChI=1S/C20H16F3N3O3S/c1-12(13-3-2-8-24-11-13)26-30(28,29)15-5-7-17(21)16(10-15)20(27)25-14-4-6-18(22)19(23)9-14/h2-12,26H,1H3,(H,25,27)/t12-/m1/s1. The highest BCUT2D eigenvalue weighted by Crippen LogP contribution is 2.20. The van der Waals surface area contributed by atoms with Crippen molar-refractivity contribution in [3.63, 3.8) is 0 Å². The number of sulfonamides is 1. The Balaban J connectivity index is 1.84. The summed E-state index contributed by atoms with van der Waals surface area (Å²) < 4.78 is 68.2. The number of aromatic nitrogens is 1. The first-order chi connectivity index (χ1) is 14.2. The van der Waals surface area contributed by atoms with Crippen molar-refractivity contribution in [3.8, 4) is 0 Å². The first kappa shape index (κ1) is 21.5. The number of hydrogen-bond donors (Lipinski definition) is 2. The molecule has 6 nitrogen and oxygen atoms in total. The molecule has 0 saturated heterocycles. The van der Waals surface area contributed by atoms with Crippen LogP contribution in [0.2, 0.25) is 0 Å². The molecule has 0 spiro atoms. The van der Waals surface area contributed by atoms with E-state index >= 15 is 0 Å². The molecule has 1 aromatic heterocycles. The van der Waals surface area contributed by atoms with E-state index in [2.05, 4.69) is 15.0 Å². The van der Waals surface area contributed by atoms with Crippen LogP contribution in [0.4, 0.5) is 18.9 Å². The number of hydrogen-bond acceptors (Lipinski definition) is 4. The molecule has 10 heteroatoms. The van der Waals surface area contributed by atoms with Gasteiger partial charge >= 0.3 is 0 Å². The topological polar surface area (TPSA) is 88.2 Å². The van der Waals surface area contributed by atoms with Gasteiger partial charge in [-0.1, -0.05) is 6.07 Å². The van der Waals surface area contributed by atoms with Crippen molar-refractivity contribution in [3.05, 3.63) is 89.5 Å². The predicted octanol–water partition coefficient (Wildman–Crippen LogP) is 3.79. The molecule has 0 bridgehead atoms. The molecule has 1 amide bonds. The molecule has 3 rings (SSSR count). The van der Waals surface area contributed by atoms with E-state index in [9.17, 15) is 26.4 Å². The van der Waals surface area contributed by atoms with Gasteiger partial charge in [-0.3, -0.25) is 9.78 Å². The van der Waals surface area contributed by atoms with Crippen LogP contribution in [0.1, 0.15) is 28.9 Å². The molecule has 0 aliphatic carbocycles. The monoisotopic (exact) mass is 435 g/mol. The lowest BCUT2D eigenvalue weighted by molar-refractivity contribution is 0.102. The first-order valence-electron chi connectivity index (χ1n) is 8.65. The number of halogens is 3. The number of amides is 1. The average molecular weight is 435 g/mol. The fraction of sp³-hybridized carbons (Fsp3) is 0.100. The van der Waals surface area contributed by atoms with Crippen LogP contribution in [-0.2, 0) is 10.0 Å². The number of carbonyl (C=O) groups is 1. The summed E-state index contributed by atoms with van der Waals surface area (Å²) in [6, 6.07) is 8.03. The van der Waals surface area contributed by atoms with Crippen molar-refractivity contribution >= 4 is 21.6 Å². The smallest absolute Gasteiger partial charge is 0.258 e. The van der Waals surface area contributed by atoms with Crippen molar-refractivity contribution in [2.24, 2.45) is 0 Å². The van der Waals surface area contributed by atoms with Gasteiger partial charge in [0.1, 0.15) is 5.82 Å². The molecule has 156 valence electrons. The van der Waals surface area contributed by atoms with Crippen LogP contribution >= 0.6 is 0 Å². The molecular weight excluding hydrogens is 419 g/mol. The zero-order valence-corrected chi connectivity index (χ0v) is 16.4. The summed E-state index contributed by atoms with van der Waals surface area (Å²) in [5.41, 5.74) is -0.0778. The molecule has 0 aliphatic rings. The van der Waals surface area contributed by atoms with Crippen LogP contribution in [0.15, 0.2) is 65.8 Å². The normalized spacial score (nSPS) is 12.4. The Kier molecular flexibility index (Phi) is 6.18. The summed E-state index contributed by atoms with van der Waals surface area (Å²) in [6.07, 6.45) is 3.04. The Morgan fingerprint density at radius 1 is 1.00 bits per heavy atom. The lowest BCUT2D eigenvalue weighted by atomic mass is 10.2. The van der Waals surface area contributed by atoms with Crippen molar-refractivity contribution in [1.29, 1.82) is 0 Å². The largest absolute Gasteiger partial charge is 0.322 e. The second-order valence-electron chi connectivity index (χ2n) is 6.35. The Morgan fingerprint density at radius 3 is 2.40 bits per heavy atom. The third-order valence-electron chi connectivity index (χ3n) is 4.19. The highest BCUT2D eigenvalue weighted by Gasteiger charge is 2.22. The van der Waals surface area contributed by atoms with E-state index in [1.54, 1.807) is 25.3 Å². The number of nitrogens with zero attached hydrogens (tertiary/aromatic N) is 1. The van der Waals surface area contributed by atoms with Gasteiger partial charge in [0, 0.05) is 30.2 Å². The van der Waals surface area contributed by atoms with Gasteiger partial charge in [-0.15, -0.1) is 0 Å². The minimum atomic E-state index is -4.10. The Hall–Kier alpha value is -3.24. The fourth-order valence-corrected chi connectivity index (χ4v) is 3.88. The Labute approximate surface area is 170 Å². The van der Waals surface area contributed by atoms with Gasteiger partial charge in [-0.2, -0.15) is 0 Å². The summed E-state index contributed by atoms with van der Waals surface area (Å²) in [5.74, 6) is -4.30. The summed E-state index contributed by atoms with van der Waals surface area (Å²) in [4.78, 5) is 15.9. The van der Waals surface area contributed by atoms with E-state index < -0.39 is 45.0 Å². The number of anilines is 1. The van der Waals surface area contributed by atoms with Crippen LogP contribution in [0, 0.1) is 17.5 Å². The van der Waals surface area contributed by atoms with E-state index in [0.29, 0.717) is 5.56 Å². The zero-order chi connectivity index (χ0) is 21.9. The molecule has 0 aliphatic heterocycles. The molecule has 0 unspecified atom stereocenters. The second-order valence-corrected chi connectivity index (χ2v) is 8.07. The number of benzene rings is 2. The van der Waals surface area contributed by atoms with Crippen LogP contribution in [0.5, 0.6) is 0 Å². The van der Waals surface area contributed by atoms with E-state index in [1.807, 2.05) is 0 Å². The molecule has 2 N–H and O–H groups in total. The summed E-state index contributed by atoms with van der Waals surface area (Å²) in [5, 5.41) is 2.20. The molecule has 1 atom stereocenters. The van der Waals surface area contributed by atoms with E-state index in [4.69, 9.17) is 0 Å². The van der Waals surface area contributed by atoms with Crippen LogP contribution in [-0.4, -0.2) is 19.3 Å². The van der Waals surface area contributed by atoms with Gasteiger partial charge in [0.25, 0.3) is 5.91 Å². The highest BCUT2D eigenvalue weighted by atomic mass is 32.2. The van der Waals surface area contributed by atoms with Crippen LogP contribution < -0.4 is 10.0 Å². The van der Waals surface area contributed by atoms with Crippen LogP contribution in [0.25, 0.3) is 0 Å². The number of nitrogens with one attached hydrogen (secondary N) is 2. The SMILES string of the molecule is C[C@@H](NS(=O)(=O)c1ccc(F)c(C(=O)Nc2ccc(F)c(F)c2)c1)c1cccnc1. The molecule has 2 aromatic carbocycles. The van der Waals surface area contributed by atoms with E-state index in [-0.39, 0.29) is 10.6 Å². The van der Waals surface area contributed by atoms with Gasteiger partial charge in [-0.25, -0.2) is 26.3 Å². The second kappa shape index (κ2) is 8.64. The Morgan fingerprint density at radius 2 is 1.73 bits per heavy atom. The van der Waals surface area contributed by atoms with E-state index in [1.165, 1.54) is 6.20 Å². The van der Waals surface area contributed by atoms with Crippen molar-refractivity contribution < 1.29 is 26.4 Å². The van der Waals surface area contributed by atoms with Crippen molar-refractivity contribution in [2.45, 2.75) is 17.9 Å². The quantitative estimate of drug-likeness (QED) is 0.617. The Bertz CT molecular complexity index is 1190. The minimum absolute atomic E-state index is 0.116. The van der Waals surface area contributed by atoms with Gasteiger partial charge < -0.3 is 5.32 Å². The zero-order valence-electron chi connectivity index (χ0n) is 15.6. The number of carbonyl (C=O) groups excluding carboxylic acids is 1. The first-order valence-corrected chi connectivity index (χ1v) is 10.1. The maximum atomic E-state index is 14.2. The number of pyridine rings is 1. The highest BCUT2D eigenvalue weighted by molar-refractivity contribution is 7.89. The predicted molar refractivity (Wildman–Crippen MR) is 104 cm³/mol. The van der Waals surface area contributed by atoms with E-state index in [0.717, 1.165) is 36.4 Å². The fourth-order valence-electron chi connectivity index (χ4n) is 2.62. The van der Waals surface area contributed by atoms with Gasteiger partial charge in [-0.05, 0) is 48.9 Å². The van der Waals surface area contributed by atoms with Crippen LogP contribution in [0.3, 0.4) is 0 Å². The molecule has 3 aromatic rings. The number of rotatable bonds is 6. The molecule has 0 saturated carbocycles. The third kappa shape index (κ3) is 4.84. The average Bonchev–Trinajstić information content (AvgIpc) is 2.71. The van der Waals surface area contributed by atoms with Crippen molar-refractivity contribution in [2.75, 3.05) is 5.32 Å². The maximum Gasteiger partial charge on any atom is 0.258 e. The third-order valence-corrected chi connectivity index (χ3v) is 5.72.